The molecule has 0 unspecified atom stereocenters. The van der Waals surface area contributed by atoms with Crippen molar-refractivity contribution < 1.29 is 23.9 Å². The minimum atomic E-state index is -0.675. The zero-order valence-corrected chi connectivity index (χ0v) is 13.6. The van der Waals surface area contributed by atoms with E-state index in [1.165, 1.54) is 0 Å². The van der Waals surface area contributed by atoms with Crippen LogP contribution in [0.4, 0.5) is 0 Å². The highest BCUT2D eigenvalue weighted by Gasteiger charge is 2.34. The number of carbonyl (C=O) groups is 3. The minimum Gasteiger partial charge on any atom is -0.464 e. The number of amides is 2. The van der Waals surface area contributed by atoms with E-state index in [9.17, 15) is 14.4 Å². The molecule has 0 bridgehead atoms. The van der Waals surface area contributed by atoms with Crippen molar-refractivity contribution in [2.24, 2.45) is 5.92 Å². The maximum atomic E-state index is 12.5. The fourth-order valence-corrected chi connectivity index (χ4v) is 3.07. The molecule has 23 heavy (non-hydrogen) atoms. The highest BCUT2D eigenvalue weighted by molar-refractivity contribution is 5.91. The molecule has 0 radical (unpaired) electrons. The number of rotatable bonds is 5. The zero-order valence-electron chi connectivity index (χ0n) is 13.6. The number of esters is 1. The maximum Gasteiger partial charge on any atom is 0.328 e. The van der Waals surface area contributed by atoms with Gasteiger partial charge in [0.2, 0.25) is 11.8 Å². The molecule has 2 N–H and O–H groups in total. The van der Waals surface area contributed by atoms with Gasteiger partial charge in [0.25, 0.3) is 0 Å². The van der Waals surface area contributed by atoms with Gasteiger partial charge in [-0.1, -0.05) is 6.42 Å². The van der Waals surface area contributed by atoms with Crippen LogP contribution in [0.15, 0.2) is 0 Å². The Kier molecular flexibility index (Phi) is 6.83. The first kappa shape index (κ1) is 17.7. The lowest BCUT2D eigenvalue weighted by molar-refractivity contribution is -0.150. The minimum absolute atomic E-state index is 0.00762. The van der Waals surface area contributed by atoms with Gasteiger partial charge in [-0.05, 0) is 38.5 Å². The summed E-state index contributed by atoms with van der Waals surface area (Å²) in [6.07, 6.45) is 4.07. The fourth-order valence-electron chi connectivity index (χ4n) is 3.07. The molecule has 2 atom stereocenters. The maximum absolute atomic E-state index is 12.5. The number of hydrogen-bond acceptors (Lipinski definition) is 5. The van der Waals surface area contributed by atoms with Gasteiger partial charge in [-0.15, -0.1) is 0 Å². The molecule has 0 spiro atoms. The summed E-state index contributed by atoms with van der Waals surface area (Å²) in [4.78, 5) is 36.3. The third kappa shape index (κ3) is 5.20. The first-order valence-corrected chi connectivity index (χ1v) is 8.46. The van der Waals surface area contributed by atoms with Crippen LogP contribution in [0.25, 0.3) is 0 Å². The summed E-state index contributed by atoms with van der Waals surface area (Å²) in [5.41, 5.74) is 0. The summed E-state index contributed by atoms with van der Waals surface area (Å²) in [5, 5.41) is 5.54. The van der Waals surface area contributed by atoms with Crippen molar-refractivity contribution in [3.05, 3.63) is 0 Å². The predicted molar refractivity (Wildman–Crippen MR) is 82.5 cm³/mol. The summed E-state index contributed by atoms with van der Waals surface area (Å²) in [5.74, 6) is -0.813. The molecule has 2 amide bonds. The molecule has 7 heteroatoms. The average molecular weight is 326 g/mol. The number of ether oxygens (including phenoxy) is 2. The highest BCUT2D eigenvalue weighted by atomic mass is 16.5. The van der Waals surface area contributed by atoms with Gasteiger partial charge >= 0.3 is 5.97 Å². The molecular formula is C16H26N2O5. The Balaban J connectivity index is 2.01. The van der Waals surface area contributed by atoms with Crippen molar-refractivity contribution in [3.63, 3.8) is 0 Å². The van der Waals surface area contributed by atoms with E-state index in [0.717, 1.165) is 12.8 Å². The lowest BCUT2D eigenvalue weighted by Crippen LogP contribution is -2.54. The molecule has 7 nitrogen and oxygen atoms in total. The topological polar surface area (TPSA) is 93.7 Å². The van der Waals surface area contributed by atoms with Gasteiger partial charge in [0, 0.05) is 19.6 Å². The van der Waals surface area contributed by atoms with E-state index in [4.69, 9.17) is 9.47 Å². The summed E-state index contributed by atoms with van der Waals surface area (Å²) in [7, 11) is 0. The standard InChI is InChI=1S/C16H26N2O5/c1-2-23-16(21)14(11-7-9-22-10-8-11)18-15(20)12-5-3-4-6-13(19)17-12/h11-12,14H,2-10H2,1H3,(H,17,19)(H,18,20)/t12-,14-/m0/s1. The molecule has 0 aromatic rings. The largest absolute Gasteiger partial charge is 0.464 e. The molecule has 0 aromatic carbocycles. The van der Waals surface area contributed by atoms with E-state index in [2.05, 4.69) is 10.6 Å². The molecule has 2 fully saturated rings. The highest BCUT2D eigenvalue weighted by Crippen LogP contribution is 2.20. The predicted octanol–water partition coefficient (Wildman–Crippen LogP) is 0.520. The van der Waals surface area contributed by atoms with E-state index in [-0.39, 0.29) is 24.3 Å². The van der Waals surface area contributed by atoms with Gasteiger partial charge in [-0.2, -0.15) is 0 Å². The van der Waals surface area contributed by atoms with Crippen LogP contribution in [-0.2, 0) is 23.9 Å². The zero-order chi connectivity index (χ0) is 16.7. The van der Waals surface area contributed by atoms with E-state index < -0.39 is 18.1 Å². The SMILES string of the molecule is CCOC(=O)[C@@H](NC(=O)[C@@H]1CCCCC(=O)N1)C1CCOCC1. The molecule has 2 heterocycles. The lowest BCUT2D eigenvalue weighted by Gasteiger charge is -2.30. The van der Waals surface area contributed by atoms with E-state index in [1.54, 1.807) is 6.92 Å². The molecule has 0 aliphatic carbocycles. The van der Waals surface area contributed by atoms with Crippen LogP contribution in [0.2, 0.25) is 0 Å². The van der Waals surface area contributed by atoms with Gasteiger partial charge in [0.15, 0.2) is 0 Å². The van der Waals surface area contributed by atoms with Gasteiger partial charge in [-0.3, -0.25) is 9.59 Å². The number of hydrogen-bond donors (Lipinski definition) is 2. The van der Waals surface area contributed by atoms with Crippen molar-refractivity contribution in [3.8, 4) is 0 Å². The normalized spacial score (nSPS) is 24.2. The molecule has 130 valence electrons. The second-order valence-corrected chi connectivity index (χ2v) is 6.05. The molecule has 2 saturated heterocycles. The summed E-state index contributed by atoms with van der Waals surface area (Å²) in [6.45, 7) is 3.17. The third-order valence-corrected chi connectivity index (χ3v) is 4.37. The Labute approximate surface area is 136 Å². The van der Waals surface area contributed by atoms with Crippen molar-refractivity contribution in [2.45, 2.75) is 57.5 Å². The third-order valence-electron chi connectivity index (χ3n) is 4.37. The van der Waals surface area contributed by atoms with E-state index in [1.807, 2.05) is 0 Å². The van der Waals surface area contributed by atoms with Crippen LogP contribution in [0.1, 0.15) is 45.4 Å². The monoisotopic (exact) mass is 326 g/mol. The summed E-state index contributed by atoms with van der Waals surface area (Å²) < 4.78 is 10.4. The second kappa shape index (κ2) is 8.86. The fraction of sp³-hybridized carbons (Fsp3) is 0.812. The summed E-state index contributed by atoms with van der Waals surface area (Å²) >= 11 is 0. The Bertz CT molecular complexity index is 434. The average Bonchev–Trinajstić information content (AvgIpc) is 2.78. The first-order valence-electron chi connectivity index (χ1n) is 8.46. The Hall–Kier alpha value is -1.63. The van der Waals surface area contributed by atoms with Gasteiger partial charge in [-0.25, -0.2) is 4.79 Å². The first-order chi connectivity index (χ1) is 11.1. The molecule has 2 rings (SSSR count). The van der Waals surface area contributed by atoms with E-state index >= 15 is 0 Å². The van der Waals surface area contributed by atoms with Gasteiger partial charge in [0.05, 0.1) is 6.61 Å². The van der Waals surface area contributed by atoms with Crippen molar-refractivity contribution in [1.29, 1.82) is 0 Å². The van der Waals surface area contributed by atoms with Crippen LogP contribution < -0.4 is 10.6 Å². The van der Waals surface area contributed by atoms with Crippen molar-refractivity contribution >= 4 is 17.8 Å². The van der Waals surface area contributed by atoms with Crippen molar-refractivity contribution in [2.75, 3.05) is 19.8 Å². The van der Waals surface area contributed by atoms with Crippen LogP contribution in [0.5, 0.6) is 0 Å². The Morgan fingerprint density at radius 3 is 2.74 bits per heavy atom. The van der Waals surface area contributed by atoms with Crippen LogP contribution in [0, 0.1) is 5.92 Å². The second-order valence-electron chi connectivity index (χ2n) is 6.05. The summed E-state index contributed by atoms with van der Waals surface area (Å²) in [6, 6.07) is -1.24. The van der Waals surface area contributed by atoms with Crippen LogP contribution >= 0.6 is 0 Å². The quantitative estimate of drug-likeness (QED) is 0.718. The molecule has 2 aliphatic heterocycles. The molecule has 0 saturated carbocycles. The van der Waals surface area contributed by atoms with Crippen LogP contribution in [0.3, 0.4) is 0 Å². The van der Waals surface area contributed by atoms with Gasteiger partial charge < -0.3 is 20.1 Å². The smallest absolute Gasteiger partial charge is 0.328 e. The Morgan fingerprint density at radius 1 is 1.30 bits per heavy atom. The molecule has 2 aliphatic rings. The van der Waals surface area contributed by atoms with Crippen molar-refractivity contribution in [1.82, 2.24) is 10.6 Å². The van der Waals surface area contributed by atoms with E-state index in [0.29, 0.717) is 38.9 Å². The molecular weight excluding hydrogens is 300 g/mol. The number of nitrogens with one attached hydrogen (secondary N) is 2. The number of carbonyl (C=O) groups excluding carboxylic acids is 3. The lowest BCUT2D eigenvalue weighted by atomic mass is 9.91. The Morgan fingerprint density at radius 2 is 2.04 bits per heavy atom. The molecule has 0 aromatic heterocycles. The van der Waals surface area contributed by atoms with Gasteiger partial charge in [0.1, 0.15) is 12.1 Å². The van der Waals surface area contributed by atoms with Crippen LogP contribution in [-0.4, -0.2) is 49.7 Å².